The molecule has 1 saturated carbocycles. The number of pyridine rings is 1. The summed E-state index contributed by atoms with van der Waals surface area (Å²) in [6.45, 7) is 2.71. The molecule has 32 heavy (non-hydrogen) atoms. The molecule has 164 valence electrons. The molecule has 1 atom stereocenters. The van der Waals surface area contributed by atoms with Gasteiger partial charge in [0.05, 0.1) is 24.7 Å². The molecule has 0 spiro atoms. The first kappa shape index (κ1) is 21.7. The van der Waals surface area contributed by atoms with Crippen LogP contribution in [0.1, 0.15) is 38.2 Å². The summed E-state index contributed by atoms with van der Waals surface area (Å²) in [6.07, 6.45) is 4.59. The van der Waals surface area contributed by atoms with E-state index in [2.05, 4.69) is 21.4 Å². The minimum Gasteiger partial charge on any atom is -0.489 e. The highest BCUT2D eigenvalue weighted by Gasteiger charge is 2.33. The molecule has 1 N–H and O–H groups in total. The van der Waals surface area contributed by atoms with Gasteiger partial charge in [0.2, 0.25) is 11.8 Å². The lowest BCUT2D eigenvalue weighted by molar-refractivity contribution is -0.118. The Bertz CT molecular complexity index is 1100. The zero-order chi connectivity index (χ0) is 22.5. The molecule has 1 aliphatic heterocycles. The fraction of sp³-hybridized carbons (Fsp3) is 0.375. The van der Waals surface area contributed by atoms with Crippen LogP contribution in [0.15, 0.2) is 41.5 Å². The molecule has 4 rings (SSSR count). The van der Waals surface area contributed by atoms with Crippen LogP contribution < -0.4 is 10.1 Å². The monoisotopic (exact) mass is 432 g/mol. The van der Waals surface area contributed by atoms with Crippen LogP contribution >= 0.6 is 0 Å². The Balaban J connectivity index is 1.48. The molecule has 2 aliphatic rings. The van der Waals surface area contributed by atoms with Crippen molar-refractivity contribution in [3.63, 3.8) is 0 Å². The highest BCUT2D eigenvalue weighted by atomic mass is 16.5. The zero-order valence-corrected chi connectivity index (χ0v) is 17.8. The number of nitrogens with one attached hydrogen (secondary N) is 1. The van der Waals surface area contributed by atoms with Crippen molar-refractivity contribution in [2.75, 3.05) is 18.5 Å². The van der Waals surface area contributed by atoms with Gasteiger partial charge in [0.25, 0.3) is 0 Å². The van der Waals surface area contributed by atoms with Crippen molar-refractivity contribution in [1.29, 1.82) is 5.26 Å². The number of rotatable bonds is 5. The van der Waals surface area contributed by atoms with Crippen LogP contribution in [0.5, 0.6) is 5.75 Å². The number of carbonyl (C=O) groups is 2. The smallest absolute Gasteiger partial charge is 0.242 e. The van der Waals surface area contributed by atoms with Crippen LogP contribution in [0.2, 0.25) is 0 Å². The third-order valence-corrected chi connectivity index (χ3v) is 5.62. The first-order chi connectivity index (χ1) is 15.5. The van der Waals surface area contributed by atoms with Gasteiger partial charge < -0.3 is 14.8 Å². The van der Waals surface area contributed by atoms with E-state index in [0.717, 1.165) is 24.0 Å². The molecule has 2 aromatic rings. The molecule has 1 aromatic heterocycles. The molecule has 1 aliphatic carbocycles. The molecule has 1 unspecified atom stereocenters. The quantitative estimate of drug-likeness (QED) is 0.773. The Labute approximate surface area is 186 Å². The second-order valence-corrected chi connectivity index (χ2v) is 7.88. The van der Waals surface area contributed by atoms with Crippen LogP contribution in [0, 0.1) is 17.2 Å². The third-order valence-electron chi connectivity index (χ3n) is 5.62. The molecule has 8 heteroatoms. The number of hydrogen-bond donors (Lipinski definition) is 1. The Morgan fingerprint density at radius 2 is 1.97 bits per heavy atom. The third kappa shape index (κ3) is 5.01. The number of ether oxygens (including phenoxy) is 2. The molecule has 2 heterocycles. The highest BCUT2D eigenvalue weighted by molar-refractivity contribution is 6.14. The summed E-state index contributed by atoms with van der Waals surface area (Å²) in [5.74, 6) is 0.0563. The Hall–Kier alpha value is -3.57. The molecular formula is C24H24N4O4. The highest BCUT2D eigenvalue weighted by Crippen LogP contribution is 2.30. The lowest BCUT2D eigenvalue weighted by atomic mass is 9.82. The van der Waals surface area contributed by atoms with Gasteiger partial charge in [-0.2, -0.15) is 5.26 Å². The summed E-state index contributed by atoms with van der Waals surface area (Å²) in [5, 5.41) is 12.4. The van der Waals surface area contributed by atoms with Gasteiger partial charge in [-0.05, 0) is 48.2 Å². The second kappa shape index (κ2) is 9.71. The van der Waals surface area contributed by atoms with Crippen LogP contribution in [0.3, 0.4) is 0 Å². The van der Waals surface area contributed by atoms with E-state index in [9.17, 15) is 14.9 Å². The maximum Gasteiger partial charge on any atom is 0.242 e. The number of carbonyl (C=O) groups excluding carboxylic acids is 2. The van der Waals surface area contributed by atoms with Gasteiger partial charge >= 0.3 is 0 Å². The lowest BCUT2D eigenvalue weighted by Gasteiger charge is -2.26. The molecule has 0 bridgehead atoms. The maximum absolute atomic E-state index is 12.6. The first-order valence-electron chi connectivity index (χ1n) is 10.7. The van der Waals surface area contributed by atoms with E-state index in [1.807, 2.05) is 12.1 Å². The number of aliphatic imine (C=N–C) groups is 1. The number of anilines is 1. The second-order valence-electron chi connectivity index (χ2n) is 7.88. The molecule has 1 saturated heterocycles. The number of benzene rings is 1. The number of hydrogen-bond acceptors (Lipinski definition) is 6. The van der Waals surface area contributed by atoms with Crippen molar-refractivity contribution in [3.05, 3.63) is 42.1 Å². The van der Waals surface area contributed by atoms with E-state index in [4.69, 9.17) is 9.47 Å². The van der Waals surface area contributed by atoms with Crippen molar-refractivity contribution < 1.29 is 19.1 Å². The standard InChI is InChI=1S/C24H24N4O4/c1-15(29)27-21-4-3-20(21)24(30)28-23-13-17(6-9-26-23)16-2-5-22(18(12-16)14-25)32-19-7-10-31-11-8-19/h2,5-6,9,12-13,19-20H,3-4,7-8,10-11H2,1H3,(H,26,28,30)/b27-21+. The molecule has 8 nitrogen and oxygen atoms in total. The molecule has 1 aromatic carbocycles. The fourth-order valence-electron chi connectivity index (χ4n) is 3.80. The first-order valence-corrected chi connectivity index (χ1v) is 10.7. The SMILES string of the molecule is CC(=O)/N=C1\CCC1C(=O)Nc1cc(-c2ccc(OC3CCOCC3)c(C#N)c2)ccn1. The average molecular weight is 432 g/mol. The number of nitriles is 1. The summed E-state index contributed by atoms with van der Waals surface area (Å²) >= 11 is 0. The topological polar surface area (TPSA) is 114 Å². The van der Waals surface area contributed by atoms with Crippen LogP contribution in [0.4, 0.5) is 5.82 Å². The van der Waals surface area contributed by atoms with Gasteiger partial charge in [0.1, 0.15) is 23.7 Å². The predicted octanol–water partition coefficient (Wildman–Crippen LogP) is 3.51. The normalized spacial score (nSPS) is 19.6. The van der Waals surface area contributed by atoms with Crippen molar-refractivity contribution >= 4 is 23.3 Å². The lowest BCUT2D eigenvalue weighted by Crippen LogP contribution is -2.37. The van der Waals surface area contributed by atoms with E-state index in [1.165, 1.54) is 6.92 Å². The Kier molecular flexibility index (Phi) is 6.57. The van der Waals surface area contributed by atoms with Crippen molar-refractivity contribution in [2.45, 2.75) is 38.7 Å². The summed E-state index contributed by atoms with van der Waals surface area (Å²) in [7, 11) is 0. The Morgan fingerprint density at radius 1 is 1.19 bits per heavy atom. The van der Waals surface area contributed by atoms with Crippen LogP contribution in [-0.2, 0) is 14.3 Å². The van der Waals surface area contributed by atoms with Gasteiger partial charge in [-0.1, -0.05) is 6.07 Å². The van der Waals surface area contributed by atoms with Gasteiger partial charge in [-0.3, -0.25) is 9.59 Å². The molecule has 2 fully saturated rings. The fourth-order valence-corrected chi connectivity index (χ4v) is 3.80. The Morgan fingerprint density at radius 3 is 2.66 bits per heavy atom. The van der Waals surface area contributed by atoms with Crippen LogP contribution in [0.25, 0.3) is 11.1 Å². The van der Waals surface area contributed by atoms with Gasteiger partial charge in [0, 0.05) is 31.7 Å². The van der Waals surface area contributed by atoms with Gasteiger partial charge in [0.15, 0.2) is 0 Å². The average Bonchev–Trinajstić information content (AvgIpc) is 2.78. The van der Waals surface area contributed by atoms with E-state index >= 15 is 0 Å². The summed E-state index contributed by atoms with van der Waals surface area (Å²) in [4.78, 5) is 31.9. The summed E-state index contributed by atoms with van der Waals surface area (Å²) < 4.78 is 11.4. The van der Waals surface area contributed by atoms with E-state index in [0.29, 0.717) is 48.9 Å². The van der Waals surface area contributed by atoms with E-state index in [-0.39, 0.29) is 17.9 Å². The van der Waals surface area contributed by atoms with Crippen molar-refractivity contribution in [2.24, 2.45) is 10.9 Å². The van der Waals surface area contributed by atoms with Crippen LogP contribution in [-0.4, -0.2) is 41.8 Å². The molecule has 0 radical (unpaired) electrons. The minimum atomic E-state index is -0.392. The zero-order valence-electron chi connectivity index (χ0n) is 17.8. The minimum absolute atomic E-state index is 0.0485. The van der Waals surface area contributed by atoms with Gasteiger partial charge in [-0.15, -0.1) is 0 Å². The maximum atomic E-state index is 12.6. The molecular weight excluding hydrogens is 408 g/mol. The van der Waals surface area contributed by atoms with Crippen molar-refractivity contribution in [3.8, 4) is 22.9 Å². The predicted molar refractivity (Wildman–Crippen MR) is 118 cm³/mol. The van der Waals surface area contributed by atoms with Gasteiger partial charge in [-0.25, -0.2) is 9.98 Å². The van der Waals surface area contributed by atoms with E-state index < -0.39 is 5.92 Å². The largest absolute Gasteiger partial charge is 0.489 e. The summed E-state index contributed by atoms with van der Waals surface area (Å²) in [6, 6.07) is 11.3. The number of amides is 2. The summed E-state index contributed by atoms with van der Waals surface area (Å²) in [5.41, 5.74) is 2.71. The number of aromatic nitrogens is 1. The number of nitrogens with zero attached hydrogens (tertiary/aromatic N) is 3. The van der Waals surface area contributed by atoms with Crippen molar-refractivity contribution in [1.82, 2.24) is 4.98 Å². The molecule has 2 amide bonds. The van der Waals surface area contributed by atoms with E-state index in [1.54, 1.807) is 24.4 Å².